The minimum absolute atomic E-state index is 0.0821. The van der Waals surface area contributed by atoms with Crippen molar-refractivity contribution < 1.29 is 23.7 Å². The van der Waals surface area contributed by atoms with Crippen molar-refractivity contribution in [2.45, 2.75) is 32.4 Å². The first-order chi connectivity index (χ1) is 12.4. The summed E-state index contributed by atoms with van der Waals surface area (Å²) in [5.41, 5.74) is 1.55. The van der Waals surface area contributed by atoms with Crippen LogP contribution >= 0.6 is 0 Å². The molecule has 0 aliphatic rings. The van der Waals surface area contributed by atoms with E-state index < -0.39 is 17.7 Å². The lowest BCUT2D eigenvalue weighted by Gasteiger charge is -2.17. The van der Waals surface area contributed by atoms with Crippen LogP contribution in [0.5, 0.6) is 0 Å². The molecule has 26 heavy (non-hydrogen) atoms. The fourth-order valence-electron chi connectivity index (χ4n) is 2.61. The van der Waals surface area contributed by atoms with E-state index in [4.69, 9.17) is 0 Å². The molecule has 1 amide bonds. The molecule has 0 saturated carbocycles. The third-order valence-corrected chi connectivity index (χ3v) is 4.23. The first-order valence-electron chi connectivity index (χ1n) is 8.49. The quantitative estimate of drug-likeness (QED) is 0.754. The highest BCUT2D eigenvalue weighted by atomic mass is 19.2. The molecule has 4 nitrogen and oxygen atoms in total. The third kappa shape index (κ3) is 5.74. The van der Waals surface area contributed by atoms with Crippen molar-refractivity contribution in [2.24, 2.45) is 0 Å². The lowest BCUT2D eigenvalue weighted by atomic mass is 10.0. The molecule has 0 aromatic heterocycles. The van der Waals surface area contributed by atoms with Crippen LogP contribution in [0.4, 0.5) is 8.78 Å². The molecule has 0 aliphatic heterocycles. The van der Waals surface area contributed by atoms with Gasteiger partial charge in [0.25, 0.3) is 5.91 Å². The van der Waals surface area contributed by atoms with Gasteiger partial charge in [0.05, 0.1) is 6.04 Å². The van der Waals surface area contributed by atoms with Gasteiger partial charge in [0, 0.05) is 5.56 Å². The van der Waals surface area contributed by atoms with E-state index >= 15 is 0 Å². The molecule has 2 rings (SSSR count). The van der Waals surface area contributed by atoms with E-state index in [2.05, 4.69) is 5.32 Å². The van der Waals surface area contributed by atoms with Gasteiger partial charge in [-0.05, 0) is 44.0 Å². The fourth-order valence-corrected chi connectivity index (χ4v) is 2.61. The predicted octanol–water partition coefficient (Wildman–Crippen LogP) is 1.91. The average molecular weight is 361 g/mol. The molecule has 0 aliphatic carbocycles. The Kier molecular flexibility index (Phi) is 6.97. The van der Waals surface area contributed by atoms with Crippen LogP contribution in [0.3, 0.4) is 0 Å². The summed E-state index contributed by atoms with van der Waals surface area (Å²) < 4.78 is 26.3. The van der Waals surface area contributed by atoms with Gasteiger partial charge in [-0.15, -0.1) is 0 Å². The van der Waals surface area contributed by atoms with Gasteiger partial charge in [-0.25, -0.2) is 8.78 Å². The number of Topliss-reactive ketones (excluding diaryl/α,β-unsaturated/α-hetero) is 1. The Morgan fingerprint density at radius 1 is 1.08 bits per heavy atom. The fraction of sp³-hybridized carbons (Fsp3) is 0.300. The standard InChI is InChI=1S/C20H22F2N2O2/c1-13(16-8-9-17(21)18(22)11-16)23-12-20(26)24-19(14(2)25)10-15-6-4-3-5-7-15/h3-9,11,13,19,23H,10,12H2,1-2H3,(H,24,26)/p+1/t13-,19-/m0/s1. The highest BCUT2D eigenvalue weighted by Crippen LogP contribution is 2.13. The zero-order valence-electron chi connectivity index (χ0n) is 14.8. The van der Waals surface area contributed by atoms with E-state index in [9.17, 15) is 18.4 Å². The van der Waals surface area contributed by atoms with Gasteiger partial charge in [-0.3, -0.25) is 9.59 Å². The van der Waals surface area contributed by atoms with E-state index in [0.29, 0.717) is 12.0 Å². The summed E-state index contributed by atoms with van der Waals surface area (Å²) >= 11 is 0. The monoisotopic (exact) mass is 361 g/mol. The number of halogens is 2. The molecule has 0 radical (unpaired) electrons. The number of nitrogens with two attached hydrogens (primary N) is 1. The molecule has 2 aromatic carbocycles. The second kappa shape index (κ2) is 9.20. The summed E-state index contributed by atoms with van der Waals surface area (Å²) in [6, 6.07) is 12.3. The maximum atomic E-state index is 13.3. The first kappa shape index (κ1) is 19.7. The number of carbonyl (C=O) groups excluding carboxylic acids is 2. The number of ketones is 1. The molecule has 0 heterocycles. The van der Waals surface area contributed by atoms with Crippen LogP contribution in [0.15, 0.2) is 48.5 Å². The molecule has 0 bridgehead atoms. The number of rotatable bonds is 8. The second-order valence-corrected chi connectivity index (χ2v) is 6.32. The van der Waals surface area contributed by atoms with Crippen LogP contribution in [0.25, 0.3) is 0 Å². The number of quaternary nitrogens is 1. The molecule has 6 heteroatoms. The first-order valence-corrected chi connectivity index (χ1v) is 8.49. The zero-order valence-corrected chi connectivity index (χ0v) is 14.8. The van der Waals surface area contributed by atoms with E-state index in [0.717, 1.165) is 17.7 Å². The summed E-state index contributed by atoms with van der Waals surface area (Å²) in [5, 5.41) is 4.45. The molecular formula is C20H23F2N2O2+. The molecule has 0 fully saturated rings. The molecule has 0 saturated heterocycles. The Morgan fingerprint density at radius 3 is 2.38 bits per heavy atom. The summed E-state index contributed by atoms with van der Waals surface area (Å²) in [4.78, 5) is 24.0. The second-order valence-electron chi connectivity index (χ2n) is 6.32. The van der Waals surface area contributed by atoms with Gasteiger partial charge in [-0.1, -0.05) is 30.3 Å². The smallest absolute Gasteiger partial charge is 0.275 e. The van der Waals surface area contributed by atoms with Crippen molar-refractivity contribution in [1.29, 1.82) is 0 Å². The summed E-state index contributed by atoms with van der Waals surface area (Å²) in [6.07, 6.45) is 0.431. The van der Waals surface area contributed by atoms with Gasteiger partial charge in [0.1, 0.15) is 6.04 Å². The van der Waals surface area contributed by atoms with Crippen molar-refractivity contribution in [3.05, 3.63) is 71.3 Å². The van der Waals surface area contributed by atoms with E-state index in [1.807, 2.05) is 30.3 Å². The number of amides is 1. The Hall–Kier alpha value is -2.60. The minimum atomic E-state index is -0.910. The molecule has 2 aromatic rings. The third-order valence-electron chi connectivity index (χ3n) is 4.23. The van der Waals surface area contributed by atoms with Crippen LogP contribution < -0.4 is 10.6 Å². The largest absolute Gasteiger partial charge is 0.341 e. The van der Waals surface area contributed by atoms with E-state index in [1.54, 1.807) is 12.2 Å². The zero-order chi connectivity index (χ0) is 19.1. The lowest BCUT2D eigenvalue weighted by Crippen LogP contribution is -2.87. The molecular weight excluding hydrogens is 338 g/mol. The van der Waals surface area contributed by atoms with Crippen LogP contribution in [-0.4, -0.2) is 24.3 Å². The van der Waals surface area contributed by atoms with Crippen LogP contribution in [0, 0.1) is 11.6 Å². The summed E-state index contributed by atoms with van der Waals surface area (Å²) in [7, 11) is 0. The van der Waals surface area contributed by atoms with Gasteiger partial charge in [-0.2, -0.15) is 0 Å². The SMILES string of the molecule is CC(=O)[C@H](Cc1ccccc1)NC(=O)C[NH2+][C@@H](C)c1ccc(F)c(F)c1. The van der Waals surface area contributed by atoms with Gasteiger partial charge in [0.15, 0.2) is 24.0 Å². The Morgan fingerprint density at radius 2 is 1.77 bits per heavy atom. The predicted molar refractivity (Wildman–Crippen MR) is 94.3 cm³/mol. The van der Waals surface area contributed by atoms with E-state index in [1.165, 1.54) is 13.0 Å². The number of hydrogen-bond acceptors (Lipinski definition) is 2. The number of benzene rings is 2. The van der Waals surface area contributed by atoms with Crippen molar-refractivity contribution in [2.75, 3.05) is 6.54 Å². The normalized spacial score (nSPS) is 13.1. The number of carbonyl (C=O) groups is 2. The van der Waals surface area contributed by atoms with Gasteiger partial charge >= 0.3 is 0 Å². The average Bonchev–Trinajstić information content (AvgIpc) is 2.62. The van der Waals surface area contributed by atoms with Crippen molar-refractivity contribution >= 4 is 11.7 Å². The van der Waals surface area contributed by atoms with Crippen LogP contribution in [0.2, 0.25) is 0 Å². The minimum Gasteiger partial charge on any atom is -0.341 e. The van der Waals surface area contributed by atoms with Crippen molar-refractivity contribution in [3.63, 3.8) is 0 Å². The highest BCUT2D eigenvalue weighted by Gasteiger charge is 2.19. The van der Waals surface area contributed by atoms with Crippen molar-refractivity contribution in [1.82, 2.24) is 5.32 Å². The van der Waals surface area contributed by atoms with Crippen LogP contribution in [0.1, 0.15) is 31.0 Å². The Bertz CT molecular complexity index is 766. The van der Waals surface area contributed by atoms with Crippen molar-refractivity contribution in [3.8, 4) is 0 Å². The lowest BCUT2D eigenvalue weighted by molar-refractivity contribution is -0.682. The topological polar surface area (TPSA) is 62.8 Å². The maximum absolute atomic E-state index is 13.3. The van der Waals surface area contributed by atoms with Gasteiger partial charge in [0.2, 0.25) is 0 Å². The number of hydrogen-bond donors (Lipinski definition) is 2. The van der Waals surface area contributed by atoms with Crippen LogP contribution in [-0.2, 0) is 16.0 Å². The maximum Gasteiger partial charge on any atom is 0.275 e. The molecule has 138 valence electrons. The molecule has 2 atom stereocenters. The molecule has 0 spiro atoms. The Labute approximate surface area is 151 Å². The van der Waals surface area contributed by atoms with E-state index in [-0.39, 0.29) is 24.3 Å². The number of nitrogens with one attached hydrogen (secondary N) is 1. The summed E-state index contributed by atoms with van der Waals surface area (Å²) in [5.74, 6) is -2.21. The highest BCUT2D eigenvalue weighted by molar-refractivity contribution is 5.88. The molecule has 0 unspecified atom stereocenters. The Balaban J connectivity index is 1.89. The van der Waals surface area contributed by atoms with Gasteiger partial charge < -0.3 is 10.6 Å². The summed E-state index contributed by atoms with van der Waals surface area (Å²) in [6.45, 7) is 3.33. The molecule has 3 N–H and O–H groups in total.